The number of carbonyl (C=O) groups is 1. The number of nitrogens with zero attached hydrogens (tertiary/aromatic N) is 1. The second-order valence-corrected chi connectivity index (χ2v) is 4.43. The van der Waals surface area contributed by atoms with Gasteiger partial charge < -0.3 is 4.90 Å². The summed E-state index contributed by atoms with van der Waals surface area (Å²) < 4.78 is 13.4. The molecule has 0 fully saturated rings. The fraction of sp³-hybridized carbons (Fsp3) is 0.364. The van der Waals surface area contributed by atoms with Crippen LogP contribution in [0.15, 0.2) is 18.2 Å². The maximum Gasteiger partial charge on any atom is 0.233 e. The van der Waals surface area contributed by atoms with Gasteiger partial charge in [-0.1, -0.05) is 12.1 Å². The van der Waals surface area contributed by atoms with Gasteiger partial charge in [0.05, 0.1) is 5.75 Å². The van der Waals surface area contributed by atoms with Crippen LogP contribution >= 0.6 is 11.8 Å². The number of carbonyl (C=O) groups excluding carboxylic acids is 1. The molecule has 4 heteroatoms. The molecule has 0 atom stereocenters. The van der Waals surface area contributed by atoms with Crippen LogP contribution < -0.4 is 0 Å². The summed E-state index contributed by atoms with van der Waals surface area (Å²) in [6.45, 7) is 0.966. The number of rotatable bonds is 2. The summed E-state index contributed by atoms with van der Waals surface area (Å²) in [6, 6.07) is 5.02. The lowest BCUT2D eigenvalue weighted by molar-refractivity contribution is -0.128. The van der Waals surface area contributed by atoms with Crippen molar-refractivity contribution in [1.82, 2.24) is 4.90 Å². The number of hydrogen-bond donors (Lipinski definition) is 0. The summed E-state index contributed by atoms with van der Waals surface area (Å²) >= 11 is 1.49. The quantitative estimate of drug-likeness (QED) is 0.767. The van der Waals surface area contributed by atoms with Crippen LogP contribution in [-0.2, 0) is 17.9 Å². The highest BCUT2D eigenvalue weighted by Gasteiger charge is 2.24. The Morgan fingerprint density at radius 3 is 3.00 bits per heavy atom. The molecule has 15 heavy (non-hydrogen) atoms. The van der Waals surface area contributed by atoms with E-state index in [1.54, 1.807) is 11.0 Å². The van der Waals surface area contributed by atoms with Crippen molar-refractivity contribution in [3.8, 4) is 0 Å². The highest BCUT2D eigenvalue weighted by Crippen LogP contribution is 2.25. The SMILES string of the molecule is CSCC(=O)N1Cc2cccc(F)c2C1. The van der Waals surface area contributed by atoms with Crippen molar-refractivity contribution in [2.75, 3.05) is 12.0 Å². The molecule has 2 nitrogen and oxygen atoms in total. The van der Waals surface area contributed by atoms with Gasteiger partial charge in [-0.25, -0.2) is 4.39 Å². The highest BCUT2D eigenvalue weighted by atomic mass is 32.2. The number of halogens is 1. The second kappa shape index (κ2) is 4.23. The molecule has 0 radical (unpaired) electrons. The van der Waals surface area contributed by atoms with Gasteiger partial charge in [0.25, 0.3) is 0 Å². The first-order valence-electron chi connectivity index (χ1n) is 4.75. The van der Waals surface area contributed by atoms with Gasteiger partial charge in [0.1, 0.15) is 5.82 Å². The third kappa shape index (κ3) is 2.00. The van der Waals surface area contributed by atoms with Gasteiger partial charge in [0.2, 0.25) is 5.91 Å². The van der Waals surface area contributed by atoms with Crippen LogP contribution in [0.25, 0.3) is 0 Å². The van der Waals surface area contributed by atoms with Crippen molar-refractivity contribution >= 4 is 17.7 Å². The number of fused-ring (bicyclic) bond motifs is 1. The molecule has 2 rings (SSSR count). The zero-order chi connectivity index (χ0) is 10.8. The average Bonchev–Trinajstić information content (AvgIpc) is 2.63. The number of thioether (sulfide) groups is 1. The van der Waals surface area contributed by atoms with E-state index in [4.69, 9.17) is 0 Å². The van der Waals surface area contributed by atoms with Crippen molar-refractivity contribution in [3.05, 3.63) is 35.1 Å². The van der Waals surface area contributed by atoms with E-state index in [-0.39, 0.29) is 11.7 Å². The first-order chi connectivity index (χ1) is 7.22. The molecule has 0 saturated heterocycles. The van der Waals surface area contributed by atoms with Crippen molar-refractivity contribution in [2.45, 2.75) is 13.1 Å². The average molecular weight is 225 g/mol. The Labute approximate surface area is 92.5 Å². The van der Waals surface area contributed by atoms with Crippen LogP contribution in [-0.4, -0.2) is 22.8 Å². The van der Waals surface area contributed by atoms with Crippen LogP contribution in [0.5, 0.6) is 0 Å². The molecule has 1 aromatic carbocycles. The maximum absolute atomic E-state index is 13.4. The van der Waals surface area contributed by atoms with E-state index < -0.39 is 0 Å². The predicted octanol–water partition coefficient (Wildman–Crippen LogP) is 2.03. The summed E-state index contributed by atoms with van der Waals surface area (Å²) in [5.41, 5.74) is 1.61. The van der Waals surface area contributed by atoms with E-state index in [0.29, 0.717) is 24.4 Å². The Kier molecular flexibility index (Phi) is 2.95. The van der Waals surface area contributed by atoms with E-state index in [1.807, 2.05) is 12.3 Å². The summed E-state index contributed by atoms with van der Waals surface area (Å²) in [7, 11) is 0. The topological polar surface area (TPSA) is 20.3 Å². The Morgan fingerprint density at radius 2 is 2.33 bits per heavy atom. The van der Waals surface area contributed by atoms with Crippen molar-refractivity contribution in [3.63, 3.8) is 0 Å². The molecule has 1 aliphatic rings. The van der Waals surface area contributed by atoms with Crippen molar-refractivity contribution in [2.24, 2.45) is 0 Å². The zero-order valence-corrected chi connectivity index (χ0v) is 9.31. The fourth-order valence-corrected chi connectivity index (χ4v) is 2.20. The molecule has 0 unspecified atom stereocenters. The van der Waals surface area contributed by atoms with Crippen LogP contribution in [0.2, 0.25) is 0 Å². The molecule has 0 aromatic heterocycles. The summed E-state index contributed by atoms with van der Waals surface area (Å²) in [5, 5.41) is 0. The van der Waals surface area contributed by atoms with Crippen molar-refractivity contribution < 1.29 is 9.18 Å². The summed E-state index contributed by atoms with van der Waals surface area (Å²) in [4.78, 5) is 13.3. The molecule has 1 aromatic rings. The standard InChI is InChI=1S/C11H12FNOS/c1-15-7-11(14)13-5-8-3-2-4-10(12)9(8)6-13/h2-4H,5-7H2,1H3. The molecule has 80 valence electrons. The number of amides is 1. The zero-order valence-electron chi connectivity index (χ0n) is 8.50. The molecule has 0 spiro atoms. The van der Waals surface area contributed by atoms with E-state index in [2.05, 4.69) is 0 Å². The molecule has 1 heterocycles. The third-order valence-corrected chi connectivity index (χ3v) is 3.08. The van der Waals surface area contributed by atoms with Gasteiger partial charge >= 0.3 is 0 Å². The normalized spacial score (nSPS) is 14.1. The Morgan fingerprint density at radius 1 is 1.53 bits per heavy atom. The number of hydrogen-bond acceptors (Lipinski definition) is 2. The van der Waals surface area contributed by atoms with Gasteiger partial charge in [0.15, 0.2) is 0 Å². The monoisotopic (exact) mass is 225 g/mol. The van der Waals surface area contributed by atoms with E-state index in [0.717, 1.165) is 5.56 Å². The van der Waals surface area contributed by atoms with Gasteiger partial charge in [-0.05, 0) is 17.9 Å². The Hall–Kier alpha value is -1.03. The smallest absolute Gasteiger partial charge is 0.233 e. The van der Waals surface area contributed by atoms with Crippen molar-refractivity contribution in [1.29, 1.82) is 0 Å². The van der Waals surface area contributed by atoms with Gasteiger partial charge in [0, 0.05) is 18.7 Å². The largest absolute Gasteiger partial charge is 0.333 e. The highest BCUT2D eigenvalue weighted by molar-refractivity contribution is 7.99. The van der Waals surface area contributed by atoms with Gasteiger partial charge in [-0.2, -0.15) is 11.8 Å². The summed E-state index contributed by atoms with van der Waals surface area (Å²) in [5.74, 6) is 0.348. The molecule has 1 aliphatic heterocycles. The first kappa shape index (κ1) is 10.5. The molecule has 1 amide bonds. The molecular weight excluding hydrogens is 213 g/mol. The minimum atomic E-state index is -0.202. The second-order valence-electron chi connectivity index (χ2n) is 3.56. The molecular formula is C11H12FNOS. The third-order valence-electron chi connectivity index (χ3n) is 2.55. The lowest BCUT2D eigenvalue weighted by Gasteiger charge is -2.14. The van der Waals surface area contributed by atoms with Gasteiger partial charge in [-0.3, -0.25) is 4.79 Å². The van der Waals surface area contributed by atoms with Crippen LogP contribution in [0.4, 0.5) is 4.39 Å². The molecule has 0 saturated carbocycles. The summed E-state index contributed by atoms with van der Waals surface area (Å²) in [6.07, 6.45) is 1.89. The molecule has 0 aliphatic carbocycles. The minimum absolute atomic E-state index is 0.0816. The lowest BCUT2D eigenvalue weighted by Crippen LogP contribution is -2.26. The van der Waals surface area contributed by atoms with Gasteiger partial charge in [-0.15, -0.1) is 0 Å². The van der Waals surface area contributed by atoms with Crippen LogP contribution in [0.3, 0.4) is 0 Å². The lowest BCUT2D eigenvalue weighted by atomic mass is 10.1. The first-order valence-corrected chi connectivity index (χ1v) is 6.14. The predicted molar refractivity (Wildman–Crippen MR) is 59.0 cm³/mol. The Balaban J connectivity index is 2.15. The molecule has 0 N–H and O–H groups in total. The van der Waals surface area contributed by atoms with E-state index >= 15 is 0 Å². The molecule has 0 bridgehead atoms. The van der Waals surface area contributed by atoms with Crippen LogP contribution in [0.1, 0.15) is 11.1 Å². The maximum atomic E-state index is 13.4. The van der Waals surface area contributed by atoms with Crippen LogP contribution in [0, 0.1) is 5.82 Å². The minimum Gasteiger partial charge on any atom is -0.333 e. The number of benzene rings is 1. The fourth-order valence-electron chi connectivity index (χ4n) is 1.77. The Bertz CT molecular complexity index is 394. The van der Waals surface area contributed by atoms with E-state index in [1.165, 1.54) is 17.8 Å². The van der Waals surface area contributed by atoms with E-state index in [9.17, 15) is 9.18 Å².